The lowest BCUT2D eigenvalue weighted by atomic mass is 10.3. The van der Waals surface area contributed by atoms with E-state index in [2.05, 4.69) is 15.3 Å². The summed E-state index contributed by atoms with van der Waals surface area (Å²) < 4.78 is 5.30. The van der Waals surface area contributed by atoms with Crippen molar-refractivity contribution in [2.24, 2.45) is 5.73 Å². The summed E-state index contributed by atoms with van der Waals surface area (Å²) in [6.45, 7) is 2.52. The topological polar surface area (TPSA) is 110 Å². The highest BCUT2D eigenvalue weighted by Crippen LogP contribution is 2.08. The van der Waals surface area contributed by atoms with Gasteiger partial charge in [-0.3, -0.25) is 4.79 Å². The van der Waals surface area contributed by atoms with Crippen LogP contribution in [0.5, 0.6) is 5.88 Å². The number of aliphatic hydroxyl groups excluding tert-OH is 1. The number of carbonyl (C=O) groups is 1. The van der Waals surface area contributed by atoms with E-state index in [1.165, 1.54) is 6.20 Å². The molecule has 0 aliphatic rings. The number of nitrogens with zero attached hydrogens (tertiary/aromatic N) is 2. The first-order valence-corrected chi connectivity index (χ1v) is 5.30. The third kappa shape index (κ3) is 4.64. The molecule has 0 bridgehead atoms. The summed E-state index contributed by atoms with van der Waals surface area (Å²) in [7, 11) is 0. The fraction of sp³-hybridized carbons (Fsp3) is 0.500. The van der Waals surface area contributed by atoms with Gasteiger partial charge in [0.1, 0.15) is 6.10 Å². The van der Waals surface area contributed by atoms with Crippen molar-refractivity contribution in [3.05, 3.63) is 12.3 Å². The van der Waals surface area contributed by atoms with Crippen LogP contribution < -0.4 is 15.8 Å². The number of rotatable bonds is 7. The summed E-state index contributed by atoms with van der Waals surface area (Å²) in [5.74, 6) is -0.0762. The van der Waals surface area contributed by atoms with Gasteiger partial charge >= 0.3 is 0 Å². The van der Waals surface area contributed by atoms with Gasteiger partial charge in [0.2, 0.25) is 17.7 Å². The summed E-state index contributed by atoms with van der Waals surface area (Å²) in [6.07, 6.45) is 1.14. The van der Waals surface area contributed by atoms with E-state index in [-0.39, 0.29) is 12.5 Å². The van der Waals surface area contributed by atoms with Crippen LogP contribution >= 0.6 is 0 Å². The predicted octanol–water partition coefficient (Wildman–Crippen LogP) is -0.476. The number of amides is 1. The van der Waals surface area contributed by atoms with Crippen molar-refractivity contribution in [2.45, 2.75) is 19.4 Å². The largest absolute Gasteiger partial charge is 0.478 e. The molecule has 94 valence electrons. The number of carbonyl (C=O) groups excluding carboxylic acids is 1. The molecular formula is C10H16N4O3. The van der Waals surface area contributed by atoms with Crippen molar-refractivity contribution >= 4 is 11.9 Å². The predicted molar refractivity (Wildman–Crippen MR) is 61.5 cm³/mol. The molecule has 0 fully saturated rings. The van der Waals surface area contributed by atoms with Crippen LogP contribution in [0.3, 0.4) is 0 Å². The Morgan fingerprint density at radius 2 is 2.47 bits per heavy atom. The first kappa shape index (κ1) is 13.2. The van der Waals surface area contributed by atoms with Crippen molar-refractivity contribution in [3.8, 4) is 5.88 Å². The monoisotopic (exact) mass is 240 g/mol. The number of aromatic nitrogens is 2. The molecule has 7 heteroatoms. The van der Waals surface area contributed by atoms with Crippen LogP contribution in [0.2, 0.25) is 0 Å². The van der Waals surface area contributed by atoms with Gasteiger partial charge in [-0.1, -0.05) is 6.92 Å². The zero-order chi connectivity index (χ0) is 12.7. The number of hydrogen-bond acceptors (Lipinski definition) is 6. The molecule has 0 saturated heterocycles. The Morgan fingerprint density at radius 3 is 3.12 bits per heavy atom. The molecule has 1 amide bonds. The zero-order valence-corrected chi connectivity index (χ0v) is 9.59. The van der Waals surface area contributed by atoms with E-state index < -0.39 is 12.0 Å². The molecule has 1 heterocycles. The fourth-order valence-electron chi connectivity index (χ4n) is 1.00. The van der Waals surface area contributed by atoms with Gasteiger partial charge in [-0.15, -0.1) is 0 Å². The highest BCUT2D eigenvalue weighted by molar-refractivity contribution is 5.79. The molecule has 0 aromatic carbocycles. The number of ether oxygens (including phenoxy) is 1. The highest BCUT2D eigenvalue weighted by atomic mass is 16.5. The van der Waals surface area contributed by atoms with E-state index in [1.807, 2.05) is 6.92 Å². The Morgan fingerprint density at radius 1 is 1.71 bits per heavy atom. The van der Waals surface area contributed by atoms with Crippen molar-refractivity contribution in [2.75, 3.05) is 18.5 Å². The van der Waals surface area contributed by atoms with Crippen LogP contribution in [0.4, 0.5) is 5.95 Å². The maximum atomic E-state index is 10.6. The Labute approximate surface area is 99.0 Å². The first-order chi connectivity index (χ1) is 8.13. The molecule has 0 aliphatic heterocycles. The summed E-state index contributed by atoms with van der Waals surface area (Å²) >= 11 is 0. The quantitative estimate of drug-likeness (QED) is 0.594. The smallest absolute Gasteiger partial charge is 0.248 e. The lowest BCUT2D eigenvalue weighted by molar-refractivity contribution is -0.125. The molecule has 1 unspecified atom stereocenters. The van der Waals surface area contributed by atoms with Gasteiger partial charge in [-0.25, -0.2) is 4.98 Å². The number of anilines is 1. The standard InChI is InChI=1S/C10H16N4O3/c1-2-5-17-8-3-4-12-10(14-8)13-6-7(15)9(11)16/h3-4,7,15H,2,5-6H2,1H3,(H2,11,16)(H,12,13,14). The van der Waals surface area contributed by atoms with Crippen LogP contribution in [0.25, 0.3) is 0 Å². The minimum absolute atomic E-state index is 0.0352. The fourth-order valence-corrected chi connectivity index (χ4v) is 1.00. The van der Waals surface area contributed by atoms with Crippen molar-refractivity contribution in [1.29, 1.82) is 0 Å². The first-order valence-electron chi connectivity index (χ1n) is 5.30. The molecular weight excluding hydrogens is 224 g/mol. The van der Waals surface area contributed by atoms with E-state index in [0.29, 0.717) is 12.5 Å². The molecule has 1 rings (SSSR count). The summed E-state index contributed by atoms with van der Waals surface area (Å²) in [5, 5.41) is 11.9. The van der Waals surface area contributed by atoms with E-state index in [1.54, 1.807) is 6.07 Å². The van der Waals surface area contributed by atoms with Gasteiger partial charge in [-0.05, 0) is 6.42 Å². The van der Waals surface area contributed by atoms with Crippen molar-refractivity contribution in [3.63, 3.8) is 0 Å². The molecule has 0 radical (unpaired) electrons. The second kappa shape index (κ2) is 6.64. The third-order valence-electron chi connectivity index (χ3n) is 1.87. The zero-order valence-electron chi connectivity index (χ0n) is 9.59. The second-order valence-electron chi connectivity index (χ2n) is 3.37. The van der Waals surface area contributed by atoms with Gasteiger partial charge in [0.05, 0.1) is 13.2 Å². The number of aliphatic hydroxyl groups is 1. The maximum Gasteiger partial charge on any atom is 0.248 e. The van der Waals surface area contributed by atoms with Crippen molar-refractivity contribution < 1.29 is 14.6 Å². The number of nitrogens with one attached hydrogen (secondary N) is 1. The third-order valence-corrected chi connectivity index (χ3v) is 1.87. The molecule has 1 aromatic heterocycles. The maximum absolute atomic E-state index is 10.6. The lowest BCUT2D eigenvalue weighted by Gasteiger charge is -2.09. The van der Waals surface area contributed by atoms with E-state index in [4.69, 9.17) is 10.5 Å². The number of primary amides is 1. The molecule has 1 aromatic rings. The molecule has 7 nitrogen and oxygen atoms in total. The Balaban J connectivity index is 2.50. The Bertz CT molecular complexity index is 372. The SMILES string of the molecule is CCCOc1ccnc(NCC(O)C(N)=O)n1. The molecule has 17 heavy (non-hydrogen) atoms. The normalized spacial score (nSPS) is 11.9. The van der Waals surface area contributed by atoms with Crippen LogP contribution in [0.1, 0.15) is 13.3 Å². The van der Waals surface area contributed by atoms with E-state index in [0.717, 1.165) is 6.42 Å². The van der Waals surface area contributed by atoms with Crippen molar-refractivity contribution in [1.82, 2.24) is 9.97 Å². The second-order valence-corrected chi connectivity index (χ2v) is 3.37. The van der Waals surface area contributed by atoms with Gasteiger partial charge in [0.15, 0.2) is 0 Å². The number of nitrogens with two attached hydrogens (primary N) is 1. The highest BCUT2D eigenvalue weighted by Gasteiger charge is 2.10. The minimum atomic E-state index is -1.26. The van der Waals surface area contributed by atoms with Gasteiger partial charge in [0, 0.05) is 12.3 Å². The summed E-state index contributed by atoms with van der Waals surface area (Å²) in [5.41, 5.74) is 4.90. The average molecular weight is 240 g/mol. The summed E-state index contributed by atoms with van der Waals surface area (Å²) in [4.78, 5) is 18.5. The van der Waals surface area contributed by atoms with Crippen LogP contribution in [-0.2, 0) is 4.79 Å². The molecule has 1 atom stereocenters. The lowest BCUT2D eigenvalue weighted by Crippen LogP contribution is -2.34. The van der Waals surface area contributed by atoms with Gasteiger partial charge < -0.3 is 20.9 Å². The Kier molecular flexibility index (Phi) is 5.15. The van der Waals surface area contributed by atoms with Crippen LogP contribution in [0, 0.1) is 0 Å². The number of hydrogen-bond donors (Lipinski definition) is 3. The van der Waals surface area contributed by atoms with Gasteiger partial charge in [-0.2, -0.15) is 4.98 Å². The van der Waals surface area contributed by atoms with E-state index >= 15 is 0 Å². The Hall–Kier alpha value is -1.89. The van der Waals surface area contributed by atoms with Gasteiger partial charge in [0.25, 0.3) is 0 Å². The van der Waals surface area contributed by atoms with Crippen LogP contribution in [0.15, 0.2) is 12.3 Å². The van der Waals surface area contributed by atoms with Crippen LogP contribution in [-0.4, -0.2) is 40.2 Å². The molecule has 0 spiro atoms. The summed E-state index contributed by atoms with van der Waals surface area (Å²) in [6, 6.07) is 1.63. The average Bonchev–Trinajstić information content (AvgIpc) is 2.33. The molecule has 0 aliphatic carbocycles. The molecule has 0 saturated carbocycles. The molecule has 4 N–H and O–H groups in total. The minimum Gasteiger partial charge on any atom is -0.478 e. The van der Waals surface area contributed by atoms with E-state index in [9.17, 15) is 9.90 Å².